The second-order valence-electron chi connectivity index (χ2n) is 6.09. The third-order valence-electron chi connectivity index (χ3n) is 4.30. The minimum atomic E-state index is -0.443. The van der Waals surface area contributed by atoms with E-state index in [9.17, 15) is 10.4 Å². The molecule has 1 aliphatic rings. The highest BCUT2D eigenvalue weighted by Crippen LogP contribution is 2.44. The first-order valence-electron chi connectivity index (χ1n) is 6.84. The first kappa shape index (κ1) is 14.7. The van der Waals surface area contributed by atoms with E-state index in [1.165, 1.54) is 0 Å². The number of nitrogens with zero attached hydrogens (tertiary/aromatic N) is 2. The number of fused-ring (bicyclic) bond motifs is 1. The predicted molar refractivity (Wildman–Crippen MR) is 77.9 cm³/mol. The first-order chi connectivity index (χ1) is 9.33. The molecule has 0 bridgehead atoms. The van der Waals surface area contributed by atoms with Crippen LogP contribution in [0.3, 0.4) is 0 Å². The third-order valence-corrected chi connectivity index (χ3v) is 4.30. The molecule has 1 aromatic rings. The number of hydrogen-bond acceptors (Lipinski definition) is 4. The van der Waals surface area contributed by atoms with Gasteiger partial charge in [-0.3, -0.25) is 4.90 Å². The molecule has 2 rings (SSSR count). The van der Waals surface area contributed by atoms with Crippen molar-refractivity contribution in [2.45, 2.75) is 33.2 Å². The molecule has 108 valence electrons. The minimum Gasteiger partial charge on any atom is -0.504 e. The van der Waals surface area contributed by atoms with Crippen LogP contribution in [0.5, 0.6) is 11.5 Å². The molecule has 20 heavy (non-hydrogen) atoms. The second-order valence-corrected chi connectivity index (χ2v) is 6.09. The molecule has 0 aliphatic carbocycles. The first-order valence-corrected chi connectivity index (χ1v) is 6.84. The number of phenolic OH excluding ortho intramolecular Hbond substituents is 1. The van der Waals surface area contributed by atoms with Gasteiger partial charge in [0.1, 0.15) is 0 Å². The van der Waals surface area contributed by atoms with Gasteiger partial charge in [-0.2, -0.15) is 5.26 Å². The van der Waals surface area contributed by atoms with Crippen molar-refractivity contribution >= 4 is 0 Å². The summed E-state index contributed by atoms with van der Waals surface area (Å²) in [6.07, 6.45) is 0.645. The lowest BCUT2D eigenvalue weighted by Gasteiger charge is -2.28. The van der Waals surface area contributed by atoms with Crippen LogP contribution in [0.4, 0.5) is 0 Å². The highest BCUT2D eigenvalue weighted by molar-refractivity contribution is 5.56. The number of methoxy groups -OCH3 is 1. The molecule has 0 aromatic heterocycles. The second kappa shape index (κ2) is 4.99. The van der Waals surface area contributed by atoms with E-state index in [4.69, 9.17) is 4.74 Å². The molecule has 1 heterocycles. The quantitative estimate of drug-likeness (QED) is 0.855. The lowest BCUT2D eigenvalue weighted by Crippen LogP contribution is -2.32. The highest BCUT2D eigenvalue weighted by atomic mass is 16.5. The standard InChI is InChI=1S/C16H22N2O2/c1-10-6-12-7-16(3,8-17)9-18(4)11(2)13(12)14(19)15(10)20-5/h6,11,19H,7,9H2,1-5H3. The number of phenols is 1. The van der Waals surface area contributed by atoms with Gasteiger partial charge in [0.25, 0.3) is 0 Å². The molecule has 1 aromatic carbocycles. The summed E-state index contributed by atoms with van der Waals surface area (Å²) in [7, 11) is 3.56. The lowest BCUT2D eigenvalue weighted by molar-refractivity contribution is 0.203. The van der Waals surface area contributed by atoms with Gasteiger partial charge in [0.2, 0.25) is 0 Å². The molecule has 0 amide bonds. The van der Waals surface area contributed by atoms with Gasteiger partial charge in [0.15, 0.2) is 11.5 Å². The van der Waals surface area contributed by atoms with Gasteiger partial charge in [-0.15, -0.1) is 0 Å². The van der Waals surface area contributed by atoms with Crippen LogP contribution in [0.15, 0.2) is 6.07 Å². The SMILES string of the molecule is COc1c(C)cc2c(c1O)C(C)N(C)CC(C)(C#N)C2. The van der Waals surface area contributed by atoms with E-state index >= 15 is 0 Å². The fourth-order valence-electron chi connectivity index (χ4n) is 3.19. The molecule has 0 saturated heterocycles. The molecule has 1 aliphatic heterocycles. The zero-order valence-corrected chi connectivity index (χ0v) is 12.8. The Balaban J connectivity index is 2.68. The van der Waals surface area contributed by atoms with Crippen molar-refractivity contribution in [2.75, 3.05) is 20.7 Å². The molecule has 1 N–H and O–H groups in total. The molecule has 2 unspecified atom stereocenters. The molecule has 2 atom stereocenters. The van der Waals surface area contributed by atoms with Gasteiger partial charge in [-0.05, 0) is 45.4 Å². The van der Waals surface area contributed by atoms with Crippen molar-refractivity contribution in [3.05, 3.63) is 22.8 Å². The van der Waals surface area contributed by atoms with Crippen LogP contribution in [0, 0.1) is 23.7 Å². The number of aryl methyl sites for hydroxylation is 1. The normalized spacial score (nSPS) is 26.5. The smallest absolute Gasteiger partial charge is 0.163 e. The Morgan fingerprint density at radius 3 is 2.75 bits per heavy atom. The third kappa shape index (κ3) is 2.23. The number of rotatable bonds is 1. The van der Waals surface area contributed by atoms with Crippen molar-refractivity contribution in [1.29, 1.82) is 5.26 Å². The average molecular weight is 274 g/mol. The number of aromatic hydroxyl groups is 1. The van der Waals surface area contributed by atoms with Crippen LogP contribution in [0.2, 0.25) is 0 Å². The molecule has 4 nitrogen and oxygen atoms in total. The van der Waals surface area contributed by atoms with Crippen LogP contribution in [0.25, 0.3) is 0 Å². The van der Waals surface area contributed by atoms with Gasteiger partial charge in [0.05, 0.1) is 18.6 Å². The number of ether oxygens (including phenoxy) is 1. The van der Waals surface area contributed by atoms with Crippen LogP contribution in [0.1, 0.15) is 36.6 Å². The molecule has 0 radical (unpaired) electrons. The van der Waals surface area contributed by atoms with E-state index in [1.54, 1.807) is 7.11 Å². The van der Waals surface area contributed by atoms with Crippen molar-refractivity contribution in [3.8, 4) is 17.6 Å². The van der Waals surface area contributed by atoms with Crippen molar-refractivity contribution in [3.63, 3.8) is 0 Å². The fourth-order valence-corrected chi connectivity index (χ4v) is 3.19. The van der Waals surface area contributed by atoms with Crippen LogP contribution < -0.4 is 4.74 Å². The summed E-state index contributed by atoms with van der Waals surface area (Å²) in [5.41, 5.74) is 2.39. The Kier molecular flexibility index (Phi) is 3.66. The van der Waals surface area contributed by atoms with Crippen LogP contribution >= 0.6 is 0 Å². The van der Waals surface area contributed by atoms with Crippen molar-refractivity contribution < 1.29 is 9.84 Å². The minimum absolute atomic E-state index is 0.0506. The maximum atomic E-state index is 10.5. The van der Waals surface area contributed by atoms with Crippen molar-refractivity contribution in [2.24, 2.45) is 5.41 Å². The van der Waals surface area contributed by atoms with Gasteiger partial charge in [-0.1, -0.05) is 6.07 Å². The summed E-state index contributed by atoms with van der Waals surface area (Å²) in [6.45, 7) is 6.63. The summed E-state index contributed by atoms with van der Waals surface area (Å²) in [4.78, 5) is 2.11. The fraction of sp³-hybridized carbons (Fsp3) is 0.562. The molecule has 0 spiro atoms. The van der Waals surface area contributed by atoms with E-state index in [1.807, 2.05) is 27.0 Å². The van der Waals surface area contributed by atoms with E-state index < -0.39 is 5.41 Å². The Labute approximate surface area is 120 Å². The Bertz CT molecular complexity index is 577. The summed E-state index contributed by atoms with van der Waals surface area (Å²) in [6, 6.07) is 4.52. The monoisotopic (exact) mass is 274 g/mol. The summed E-state index contributed by atoms with van der Waals surface area (Å²) in [5.74, 6) is 0.744. The summed E-state index contributed by atoms with van der Waals surface area (Å²) < 4.78 is 5.31. The van der Waals surface area contributed by atoms with Gasteiger partial charge < -0.3 is 9.84 Å². The zero-order valence-electron chi connectivity index (χ0n) is 12.8. The van der Waals surface area contributed by atoms with Crippen LogP contribution in [-0.2, 0) is 6.42 Å². The Hall–Kier alpha value is -1.73. The van der Waals surface area contributed by atoms with Crippen molar-refractivity contribution in [1.82, 2.24) is 4.90 Å². The van der Waals surface area contributed by atoms with E-state index in [0.29, 0.717) is 18.7 Å². The molecular weight excluding hydrogens is 252 g/mol. The highest BCUT2D eigenvalue weighted by Gasteiger charge is 2.36. The lowest BCUT2D eigenvalue weighted by atomic mass is 9.84. The Morgan fingerprint density at radius 2 is 2.20 bits per heavy atom. The zero-order chi connectivity index (χ0) is 15.1. The largest absolute Gasteiger partial charge is 0.504 e. The van der Waals surface area contributed by atoms with E-state index in [0.717, 1.165) is 16.7 Å². The summed E-state index contributed by atoms with van der Waals surface area (Å²) >= 11 is 0. The number of nitriles is 1. The number of benzene rings is 1. The van der Waals surface area contributed by atoms with Gasteiger partial charge >= 0.3 is 0 Å². The topological polar surface area (TPSA) is 56.5 Å². The molecule has 4 heteroatoms. The van der Waals surface area contributed by atoms with E-state index in [-0.39, 0.29) is 11.8 Å². The maximum Gasteiger partial charge on any atom is 0.163 e. The predicted octanol–water partition coefficient (Wildman–Crippen LogP) is 2.79. The molecule has 0 fully saturated rings. The molecule has 0 saturated carbocycles. The molecular formula is C16H22N2O2. The van der Waals surface area contributed by atoms with Crippen LogP contribution in [-0.4, -0.2) is 30.7 Å². The summed E-state index contributed by atoms with van der Waals surface area (Å²) in [5, 5.41) is 20.0. The maximum absolute atomic E-state index is 10.5. The average Bonchev–Trinajstić information content (AvgIpc) is 2.46. The Morgan fingerprint density at radius 1 is 1.55 bits per heavy atom. The van der Waals surface area contributed by atoms with Gasteiger partial charge in [0, 0.05) is 18.2 Å². The van der Waals surface area contributed by atoms with E-state index in [2.05, 4.69) is 17.9 Å². The number of hydrogen-bond donors (Lipinski definition) is 1. The van der Waals surface area contributed by atoms with Gasteiger partial charge in [-0.25, -0.2) is 0 Å².